The van der Waals surface area contributed by atoms with E-state index in [1.165, 1.54) is 30.3 Å². The van der Waals surface area contributed by atoms with Gasteiger partial charge in [-0.2, -0.15) is 13.2 Å². The van der Waals surface area contributed by atoms with Crippen molar-refractivity contribution in [3.63, 3.8) is 0 Å². The number of carbonyl (C=O) groups excluding carboxylic acids is 1. The molecule has 3 aromatic rings. The lowest BCUT2D eigenvalue weighted by Gasteiger charge is -2.16. The Kier molecular flexibility index (Phi) is 7.94. The minimum Gasteiger partial charge on any atom is -0.457 e. The molecule has 1 unspecified atom stereocenters. The van der Waals surface area contributed by atoms with Crippen LogP contribution in [0, 0.1) is 6.92 Å². The summed E-state index contributed by atoms with van der Waals surface area (Å²) in [6, 6.07) is 14.6. The van der Waals surface area contributed by atoms with Crippen LogP contribution in [-0.2, 0) is 17.3 Å². The first-order chi connectivity index (χ1) is 16.0. The third kappa shape index (κ3) is 6.81. The normalized spacial score (nSPS) is 12.5. The molecule has 2 aromatic carbocycles. The molecule has 0 radical (unpaired) electrons. The Hall–Kier alpha value is -3.39. The monoisotopic (exact) mass is 472 g/mol. The largest absolute Gasteiger partial charge is 0.457 e. The van der Waals surface area contributed by atoms with Crippen molar-refractivity contribution in [2.24, 2.45) is 0 Å². The summed E-state index contributed by atoms with van der Waals surface area (Å²) in [6.07, 6.45) is -3.75. The number of halogens is 3. The number of aromatic nitrogens is 1. The Morgan fingerprint density at radius 3 is 2.29 bits per heavy atom. The molecule has 0 saturated heterocycles. The van der Waals surface area contributed by atoms with Gasteiger partial charge in [0.2, 0.25) is 0 Å². The molecule has 180 valence electrons. The molecule has 0 aliphatic rings. The van der Waals surface area contributed by atoms with Gasteiger partial charge in [-0.15, -0.1) is 0 Å². The van der Waals surface area contributed by atoms with Gasteiger partial charge in [-0.05, 0) is 76.2 Å². The number of anilines is 1. The van der Waals surface area contributed by atoms with Crippen LogP contribution in [0.25, 0.3) is 0 Å². The molecular formula is C26H27F3N2O3. The lowest BCUT2D eigenvalue weighted by Crippen LogP contribution is -2.18. The summed E-state index contributed by atoms with van der Waals surface area (Å²) in [7, 11) is 0. The first-order valence-corrected chi connectivity index (χ1v) is 10.9. The number of rotatable bonds is 8. The smallest absolute Gasteiger partial charge is 0.419 e. The van der Waals surface area contributed by atoms with Gasteiger partial charge in [0.25, 0.3) is 5.91 Å². The van der Waals surface area contributed by atoms with E-state index in [9.17, 15) is 18.0 Å². The van der Waals surface area contributed by atoms with Crippen molar-refractivity contribution in [1.82, 2.24) is 4.98 Å². The number of carbonyl (C=O) groups is 1. The molecule has 0 aliphatic heterocycles. The Morgan fingerprint density at radius 2 is 1.68 bits per heavy atom. The van der Waals surface area contributed by atoms with Gasteiger partial charge in [0.15, 0.2) is 0 Å². The lowest BCUT2D eigenvalue weighted by molar-refractivity contribution is -0.138. The molecule has 5 nitrogen and oxygen atoms in total. The number of hydrogen-bond donors (Lipinski definition) is 1. The van der Waals surface area contributed by atoms with Crippen LogP contribution < -0.4 is 10.1 Å². The molecule has 1 atom stereocenters. The van der Waals surface area contributed by atoms with Crippen molar-refractivity contribution in [3.05, 3.63) is 83.2 Å². The molecule has 1 heterocycles. The maximum Gasteiger partial charge on any atom is 0.419 e. The van der Waals surface area contributed by atoms with Gasteiger partial charge in [-0.25, -0.2) is 0 Å². The van der Waals surface area contributed by atoms with Crippen molar-refractivity contribution in [2.75, 3.05) is 5.32 Å². The number of benzene rings is 2. The Morgan fingerprint density at radius 1 is 1.00 bits per heavy atom. The topological polar surface area (TPSA) is 60.5 Å². The fourth-order valence-electron chi connectivity index (χ4n) is 3.50. The first-order valence-electron chi connectivity index (χ1n) is 10.9. The van der Waals surface area contributed by atoms with Gasteiger partial charge in [-0.3, -0.25) is 9.78 Å². The fourth-order valence-corrected chi connectivity index (χ4v) is 3.50. The van der Waals surface area contributed by atoms with Crippen LogP contribution in [0.4, 0.5) is 18.9 Å². The van der Waals surface area contributed by atoms with E-state index >= 15 is 0 Å². The van der Waals surface area contributed by atoms with Crippen LogP contribution in [0.3, 0.4) is 0 Å². The summed E-state index contributed by atoms with van der Waals surface area (Å²) in [6.45, 7) is 7.69. The maximum absolute atomic E-state index is 13.2. The predicted molar refractivity (Wildman–Crippen MR) is 124 cm³/mol. The van der Waals surface area contributed by atoms with Crippen LogP contribution >= 0.6 is 0 Å². The standard InChI is InChI=1S/C26H27F3N2O3/c1-16(2)33-17(3)15-20-11-14-22(18(4)30-20)25(32)31-19-9-12-21(13-10-19)34-24-8-6-5-7-23(24)26(27,28)29/h5-14,16-17H,15H2,1-4H3,(H,31,32). The van der Waals surface area contributed by atoms with E-state index in [0.29, 0.717) is 23.4 Å². The summed E-state index contributed by atoms with van der Waals surface area (Å²) >= 11 is 0. The minimum atomic E-state index is -4.52. The molecule has 1 amide bonds. The van der Waals surface area contributed by atoms with E-state index < -0.39 is 11.7 Å². The van der Waals surface area contributed by atoms with Crippen molar-refractivity contribution in [2.45, 2.75) is 52.5 Å². The molecule has 0 saturated carbocycles. The number of aryl methyl sites for hydroxylation is 1. The zero-order valence-electron chi connectivity index (χ0n) is 19.4. The van der Waals surface area contributed by atoms with E-state index in [2.05, 4.69) is 10.3 Å². The number of para-hydroxylation sites is 1. The first kappa shape index (κ1) is 25.2. The fraction of sp³-hybridized carbons (Fsp3) is 0.308. The summed E-state index contributed by atoms with van der Waals surface area (Å²) in [5.74, 6) is -0.407. The third-order valence-electron chi connectivity index (χ3n) is 4.92. The SMILES string of the molecule is Cc1nc(CC(C)OC(C)C)ccc1C(=O)Nc1ccc(Oc2ccccc2C(F)(F)F)cc1. The second-order valence-electron chi connectivity index (χ2n) is 8.21. The van der Waals surface area contributed by atoms with Gasteiger partial charge >= 0.3 is 6.18 Å². The van der Waals surface area contributed by atoms with Crippen molar-refractivity contribution in [1.29, 1.82) is 0 Å². The summed E-state index contributed by atoms with van der Waals surface area (Å²) in [4.78, 5) is 17.2. The quantitative estimate of drug-likeness (QED) is 0.391. The molecular weight excluding hydrogens is 445 g/mol. The molecule has 0 aliphatic carbocycles. The average Bonchev–Trinajstić information content (AvgIpc) is 2.74. The molecule has 1 N–H and O–H groups in total. The van der Waals surface area contributed by atoms with E-state index in [1.807, 2.05) is 20.8 Å². The molecule has 34 heavy (non-hydrogen) atoms. The molecule has 0 fully saturated rings. The molecule has 0 spiro atoms. The second-order valence-corrected chi connectivity index (χ2v) is 8.21. The second kappa shape index (κ2) is 10.7. The van der Waals surface area contributed by atoms with Crippen molar-refractivity contribution < 1.29 is 27.4 Å². The van der Waals surface area contributed by atoms with Gasteiger partial charge in [0, 0.05) is 17.8 Å². The number of ether oxygens (including phenoxy) is 2. The third-order valence-corrected chi connectivity index (χ3v) is 4.92. The highest BCUT2D eigenvalue weighted by Gasteiger charge is 2.34. The van der Waals surface area contributed by atoms with Gasteiger partial charge < -0.3 is 14.8 Å². The maximum atomic E-state index is 13.2. The van der Waals surface area contributed by atoms with Crippen LogP contribution in [-0.4, -0.2) is 23.1 Å². The van der Waals surface area contributed by atoms with E-state index in [-0.39, 0.29) is 29.6 Å². The summed E-state index contributed by atoms with van der Waals surface area (Å²) in [5.41, 5.74) is 1.48. The highest BCUT2D eigenvalue weighted by atomic mass is 19.4. The zero-order valence-corrected chi connectivity index (χ0v) is 19.4. The Balaban J connectivity index is 1.65. The van der Waals surface area contributed by atoms with Crippen molar-refractivity contribution in [3.8, 4) is 11.5 Å². The van der Waals surface area contributed by atoms with E-state index in [4.69, 9.17) is 9.47 Å². The minimum absolute atomic E-state index is 0.00964. The number of hydrogen-bond acceptors (Lipinski definition) is 4. The molecule has 3 rings (SSSR count). The number of nitrogens with one attached hydrogen (secondary N) is 1. The predicted octanol–water partition coefficient (Wildman–Crippen LogP) is 6.81. The highest BCUT2D eigenvalue weighted by molar-refractivity contribution is 6.05. The number of nitrogens with zero attached hydrogens (tertiary/aromatic N) is 1. The Labute approximate surface area is 196 Å². The van der Waals surface area contributed by atoms with E-state index in [1.54, 1.807) is 31.2 Å². The highest BCUT2D eigenvalue weighted by Crippen LogP contribution is 2.38. The molecule has 1 aromatic heterocycles. The van der Waals surface area contributed by atoms with Gasteiger partial charge in [-0.1, -0.05) is 12.1 Å². The molecule has 0 bridgehead atoms. The zero-order chi connectivity index (χ0) is 24.9. The van der Waals surface area contributed by atoms with Crippen LogP contribution in [0.2, 0.25) is 0 Å². The average molecular weight is 473 g/mol. The number of alkyl halides is 3. The van der Waals surface area contributed by atoms with Crippen LogP contribution in [0.15, 0.2) is 60.7 Å². The van der Waals surface area contributed by atoms with E-state index in [0.717, 1.165) is 11.8 Å². The summed E-state index contributed by atoms with van der Waals surface area (Å²) < 4.78 is 50.6. The lowest BCUT2D eigenvalue weighted by atomic mass is 10.1. The Bertz CT molecular complexity index is 1130. The van der Waals surface area contributed by atoms with Gasteiger partial charge in [0.05, 0.1) is 29.0 Å². The molecule has 8 heteroatoms. The summed E-state index contributed by atoms with van der Waals surface area (Å²) in [5, 5.41) is 2.77. The van der Waals surface area contributed by atoms with Gasteiger partial charge in [0.1, 0.15) is 11.5 Å². The van der Waals surface area contributed by atoms with Crippen molar-refractivity contribution >= 4 is 11.6 Å². The van der Waals surface area contributed by atoms with Crippen LogP contribution in [0.5, 0.6) is 11.5 Å². The number of amides is 1. The number of pyridine rings is 1. The van der Waals surface area contributed by atoms with Crippen LogP contribution in [0.1, 0.15) is 48.1 Å².